The van der Waals surface area contributed by atoms with Crippen LogP contribution in [0.4, 0.5) is 0 Å². The second-order valence-electron chi connectivity index (χ2n) is 9.07. The predicted octanol–water partition coefficient (Wildman–Crippen LogP) is 0.214. The molecule has 0 saturated carbocycles. The number of benzene rings is 1. The van der Waals surface area contributed by atoms with E-state index in [4.69, 9.17) is 9.47 Å². The van der Waals surface area contributed by atoms with Gasteiger partial charge in [-0.05, 0) is 38.3 Å². The van der Waals surface area contributed by atoms with Crippen molar-refractivity contribution < 1.29 is 29.0 Å². The summed E-state index contributed by atoms with van der Waals surface area (Å²) in [4.78, 5) is 41.6. The van der Waals surface area contributed by atoms with Crippen LogP contribution >= 0.6 is 0 Å². The average Bonchev–Trinajstić information content (AvgIpc) is 3.58. The Morgan fingerprint density at radius 3 is 2.88 bits per heavy atom. The van der Waals surface area contributed by atoms with Crippen LogP contribution in [0, 0.1) is 11.8 Å². The van der Waals surface area contributed by atoms with E-state index in [0.29, 0.717) is 24.8 Å². The van der Waals surface area contributed by atoms with Gasteiger partial charge in [0.2, 0.25) is 11.8 Å². The number of esters is 1. The fraction of sp³-hybridized carbons (Fsp3) is 0.609. The number of carbonyl (C=O) groups is 3. The summed E-state index contributed by atoms with van der Waals surface area (Å²) in [6, 6.07) is 5.86. The molecule has 1 spiro atoms. The molecule has 11 heteroatoms. The lowest BCUT2D eigenvalue weighted by molar-refractivity contribution is -0.155. The van der Waals surface area contributed by atoms with Crippen LogP contribution in [0.3, 0.4) is 0 Å². The third kappa shape index (κ3) is 3.21. The zero-order chi connectivity index (χ0) is 24.0. The Morgan fingerprint density at radius 1 is 1.35 bits per heavy atom. The fourth-order valence-corrected chi connectivity index (χ4v) is 5.99. The topological polar surface area (TPSA) is 136 Å². The van der Waals surface area contributed by atoms with Crippen LogP contribution in [0.5, 0.6) is 0 Å². The number of likely N-dealkylation sites (tertiary alicyclic amines) is 1. The van der Waals surface area contributed by atoms with Crippen LogP contribution in [0.2, 0.25) is 0 Å². The Kier molecular flexibility index (Phi) is 5.76. The molecule has 1 aromatic heterocycles. The summed E-state index contributed by atoms with van der Waals surface area (Å²) < 4.78 is 13.1. The number of carbonyl (C=O) groups excluding carboxylic acids is 3. The highest BCUT2D eigenvalue weighted by molar-refractivity contribution is 5.98. The van der Waals surface area contributed by atoms with Crippen LogP contribution in [-0.2, 0) is 30.5 Å². The molecule has 3 saturated heterocycles. The molecule has 1 aromatic carbocycles. The molecular formula is C23H29N5O6. The summed E-state index contributed by atoms with van der Waals surface area (Å²) in [5, 5.41) is 21.1. The molecule has 182 valence electrons. The first-order valence-electron chi connectivity index (χ1n) is 11.8. The normalized spacial score (nSPS) is 30.6. The van der Waals surface area contributed by atoms with Gasteiger partial charge in [0.25, 0.3) is 0 Å². The Labute approximate surface area is 196 Å². The van der Waals surface area contributed by atoms with Gasteiger partial charge in [0, 0.05) is 0 Å². The van der Waals surface area contributed by atoms with Crippen molar-refractivity contribution in [3.8, 4) is 0 Å². The number of hydrogen-bond acceptors (Lipinski definition) is 8. The summed E-state index contributed by atoms with van der Waals surface area (Å²) in [7, 11) is 0. The van der Waals surface area contributed by atoms with E-state index in [9.17, 15) is 19.5 Å². The molecular weight excluding hydrogens is 442 g/mol. The maximum atomic E-state index is 13.7. The Hall–Kier alpha value is -3.05. The summed E-state index contributed by atoms with van der Waals surface area (Å²) >= 11 is 0. The van der Waals surface area contributed by atoms with Crippen LogP contribution in [0.15, 0.2) is 24.3 Å². The molecule has 0 radical (unpaired) electrons. The monoisotopic (exact) mass is 471 g/mol. The molecule has 2 bridgehead atoms. The number of ether oxygens (including phenoxy) is 2. The van der Waals surface area contributed by atoms with Crippen molar-refractivity contribution in [1.29, 1.82) is 0 Å². The minimum Gasteiger partial charge on any atom is -0.466 e. The molecule has 2 N–H and O–H groups in total. The number of para-hydroxylation sites is 1. The van der Waals surface area contributed by atoms with E-state index in [1.54, 1.807) is 11.6 Å². The van der Waals surface area contributed by atoms with Gasteiger partial charge in [0.05, 0.1) is 42.7 Å². The number of nitrogens with zero attached hydrogens (tertiary/aromatic N) is 4. The quantitative estimate of drug-likeness (QED) is 0.522. The first kappa shape index (κ1) is 22.7. The van der Waals surface area contributed by atoms with Crippen molar-refractivity contribution in [2.75, 3.05) is 13.2 Å². The van der Waals surface area contributed by atoms with Gasteiger partial charge in [-0.25, -0.2) is 4.68 Å². The second-order valence-corrected chi connectivity index (χ2v) is 9.07. The van der Waals surface area contributed by atoms with Crippen LogP contribution < -0.4 is 5.32 Å². The molecule has 11 nitrogen and oxygen atoms in total. The Bertz CT molecular complexity index is 1120. The van der Waals surface area contributed by atoms with E-state index in [2.05, 4.69) is 15.6 Å². The summed E-state index contributed by atoms with van der Waals surface area (Å²) in [6.45, 7) is 3.52. The lowest BCUT2D eigenvalue weighted by Gasteiger charge is -2.36. The van der Waals surface area contributed by atoms with Gasteiger partial charge in [0.1, 0.15) is 23.8 Å². The summed E-state index contributed by atoms with van der Waals surface area (Å²) in [6.07, 6.45) is 1.04. The molecule has 2 aromatic rings. The van der Waals surface area contributed by atoms with Gasteiger partial charge in [-0.2, -0.15) is 0 Å². The van der Waals surface area contributed by atoms with E-state index in [-0.39, 0.29) is 25.8 Å². The maximum absolute atomic E-state index is 13.7. The lowest BCUT2D eigenvalue weighted by Crippen LogP contribution is -2.58. The second kappa shape index (κ2) is 8.62. The molecule has 34 heavy (non-hydrogen) atoms. The molecule has 3 fully saturated rings. The molecule has 0 aliphatic carbocycles. The van der Waals surface area contributed by atoms with E-state index in [1.165, 1.54) is 4.90 Å². The third-order valence-corrected chi connectivity index (χ3v) is 7.44. The fourth-order valence-electron chi connectivity index (χ4n) is 5.99. The summed E-state index contributed by atoms with van der Waals surface area (Å²) in [5.74, 6) is -2.79. The molecule has 6 atom stereocenters. The van der Waals surface area contributed by atoms with Gasteiger partial charge in [-0.1, -0.05) is 24.3 Å². The number of nitrogens with one attached hydrogen (secondary N) is 1. The van der Waals surface area contributed by atoms with Crippen LogP contribution in [-0.4, -0.2) is 79.8 Å². The summed E-state index contributed by atoms with van der Waals surface area (Å²) in [5.41, 5.74) is 0.339. The molecule has 2 amide bonds. The SMILES string of the molecule is CCOC(=O)[C@@H]1[C@@H]2CC[C@]3(O2)[C@H](C(=O)NCn2nnc4ccccc42)N([C@@H](CC)CO)C(=O)[C@@H]13. The highest BCUT2D eigenvalue weighted by Crippen LogP contribution is 2.59. The van der Waals surface area contributed by atoms with Gasteiger partial charge in [-0.15, -0.1) is 5.10 Å². The number of aliphatic hydroxyl groups is 1. The van der Waals surface area contributed by atoms with Crippen molar-refractivity contribution >= 4 is 28.8 Å². The zero-order valence-electron chi connectivity index (χ0n) is 19.2. The van der Waals surface area contributed by atoms with Crippen molar-refractivity contribution in [3.63, 3.8) is 0 Å². The van der Waals surface area contributed by atoms with E-state index in [0.717, 1.165) is 5.52 Å². The largest absolute Gasteiger partial charge is 0.466 e. The first-order chi connectivity index (χ1) is 16.5. The van der Waals surface area contributed by atoms with E-state index < -0.39 is 47.5 Å². The predicted molar refractivity (Wildman–Crippen MR) is 118 cm³/mol. The van der Waals surface area contributed by atoms with Gasteiger partial charge < -0.3 is 24.8 Å². The van der Waals surface area contributed by atoms with Crippen molar-refractivity contribution in [1.82, 2.24) is 25.2 Å². The van der Waals surface area contributed by atoms with Gasteiger partial charge >= 0.3 is 5.97 Å². The highest BCUT2D eigenvalue weighted by atomic mass is 16.6. The highest BCUT2D eigenvalue weighted by Gasteiger charge is 2.75. The molecule has 3 aliphatic rings. The Morgan fingerprint density at radius 2 is 2.15 bits per heavy atom. The van der Waals surface area contributed by atoms with Gasteiger partial charge in [0.15, 0.2) is 0 Å². The van der Waals surface area contributed by atoms with Crippen molar-refractivity contribution in [2.45, 2.75) is 63.6 Å². The Balaban J connectivity index is 1.46. The minimum absolute atomic E-state index is 0.0548. The number of hydrogen-bond donors (Lipinski definition) is 2. The van der Waals surface area contributed by atoms with Crippen LogP contribution in [0.1, 0.15) is 33.1 Å². The number of fused-ring (bicyclic) bond motifs is 2. The van der Waals surface area contributed by atoms with Gasteiger partial charge in [-0.3, -0.25) is 14.4 Å². The molecule has 5 rings (SSSR count). The molecule has 4 heterocycles. The number of aromatic nitrogens is 3. The maximum Gasteiger partial charge on any atom is 0.312 e. The number of aliphatic hydroxyl groups excluding tert-OH is 1. The smallest absolute Gasteiger partial charge is 0.312 e. The van der Waals surface area contributed by atoms with Crippen molar-refractivity contribution in [3.05, 3.63) is 24.3 Å². The van der Waals surface area contributed by atoms with E-state index >= 15 is 0 Å². The lowest BCUT2D eigenvalue weighted by atomic mass is 9.71. The van der Waals surface area contributed by atoms with Crippen LogP contribution in [0.25, 0.3) is 11.0 Å². The van der Waals surface area contributed by atoms with Crippen molar-refractivity contribution in [2.24, 2.45) is 11.8 Å². The van der Waals surface area contributed by atoms with E-state index in [1.807, 2.05) is 31.2 Å². The zero-order valence-corrected chi connectivity index (χ0v) is 19.2. The molecule has 3 aliphatic heterocycles. The molecule has 0 unspecified atom stereocenters. The minimum atomic E-state index is -1.13. The number of amides is 2. The average molecular weight is 472 g/mol. The standard InChI is InChI=1S/C23H29N5O6/c1-3-13(11-29)28-19(20(30)24-12-27-15-8-6-5-7-14(15)25-26-27)23-10-9-16(34-23)17(18(23)21(28)31)22(32)33-4-2/h5-8,13,16-19,29H,3-4,9-12H2,1-2H3,(H,24,30)/t13-,16-,17+,18+,19-,23+/m0/s1. The first-order valence-corrected chi connectivity index (χ1v) is 11.8. The number of rotatable bonds is 8. The third-order valence-electron chi connectivity index (χ3n) is 7.44.